The number of nitro groups is 1. The number of carbonyl (C=O) groups excluding carboxylic acids is 2. The summed E-state index contributed by atoms with van der Waals surface area (Å²) >= 11 is 0. The van der Waals surface area contributed by atoms with E-state index in [9.17, 15) is 19.7 Å². The topological polar surface area (TPSA) is 126 Å². The maximum Gasteiger partial charge on any atom is 0.343 e. The molecule has 1 heterocycles. The molecule has 1 aliphatic carbocycles. The van der Waals surface area contributed by atoms with Gasteiger partial charge in [-0.1, -0.05) is 0 Å². The summed E-state index contributed by atoms with van der Waals surface area (Å²) in [4.78, 5) is 36.1. The van der Waals surface area contributed by atoms with Gasteiger partial charge in [0.05, 0.1) is 29.4 Å². The highest BCUT2D eigenvalue weighted by Crippen LogP contribution is 2.34. The Labute approximate surface area is 159 Å². The first-order chi connectivity index (χ1) is 13.5. The molecule has 1 aromatic carbocycles. The van der Waals surface area contributed by atoms with Crippen LogP contribution in [0.4, 0.5) is 5.69 Å². The van der Waals surface area contributed by atoms with Crippen molar-refractivity contribution >= 4 is 17.4 Å². The second-order valence-electron chi connectivity index (χ2n) is 6.14. The Bertz CT molecular complexity index is 936. The van der Waals surface area contributed by atoms with Crippen LogP contribution in [-0.4, -0.2) is 38.3 Å². The number of esters is 1. The lowest BCUT2D eigenvalue weighted by Gasteiger charge is -2.15. The summed E-state index contributed by atoms with van der Waals surface area (Å²) in [6.45, 7) is 1.91. The van der Waals surface area contributed by atoms with Crippen molar-refractivity contribution in [1.29, 1.82) is 0 Å². The van der Waals surface area contributed by atoms with Crippen molar-refractivity contribution in [2.24, 2.45) is 0 Å². The van der Waals surface area contributed by atoms with Crippen LogP contribution in [0.1, 0.15) is 35.2 Å². The summed E-state index contributed by atoms with van der Waals surface area (Å²) in [6.07, 6.45) is 5.87. The number of nitrogens with zero attached hydrogens (tertiary/aromatic N) is 4. The molecular weight excluding hydrogens is 368 g/mol. The fourth-order valence-electron chi connectivity index (χ4n) is 2.83. The van der Waals surface area contributed by atoms with Gasteiger partial charge >= 0.3 is 11.7 Å². The third kappa shape index (κ3) is 4.40. The highest BCUT2D eigenvalue weighted by Gasteiger charge is 2.25. The van der Waals surface area contributed by atoms with Gasteiger partial charge in [0.2, 0.25) is 5.75 Å². The van der Waals surface area contributed by atoms with Gasteiger partial charge in [-0.25, -0.2) is 4.79 Å². The van der Waals surface area contributed by atoms with E-state index < -0.39 is 10.9 Å². The molecule has 10 nitrogen and oxygen atoms in total. The van der Waals surface area contributed by atoms with Gasteiger partial charge in [-0.3, -0.25) is 14.9 Å². The highest BCUT2D eigenvalue weighted by molar-refractivity contribution is 5.95. The van der Waals surface area contributed by atoms with E-state index in [2.05, 4.69) is 10.2 Å². The summed E-state index contributed by atoms with van der Waals surface area (Å²) in [5.41, 5.74) is 0.168. The van der Waals surface area contributed by atoms with Crippen molar-refractivity contribution in [2.75, 3.05) is 6.61 Å². The molecule has 0 saturated carbocycles. The second kappa shape index (κ2) is 8.42. The van der Waals surface area contributed by atoms with Gasteiger partial charge in [0.25, 0.3) is 0 Å². The molecule has 1 aromatic heterocycles. The molecule has 0 unspecified atom stereocenters. The van der Waals surface area contributed by atoms with Crippen LogP contribution in [0.5, 0.6) is 5.75 Å². The summed E-state index contributed by atoms with van der Waals surface area (Å²) < 4.78 is 10.9. The Hall–Kier alpha value is -3.56. The molecule has 0 spiro atoms. The number of aromatic nitrogens is 3. The zero-order chi connectivity index (χ0) is 20.1. The predicted molar refractivity (Wildman–Crippen MR) is 95.7 cm³/mol. The van der Waals surface area contributed by atoms with Crippen LogP contribution in [0, 0.1) is 17.0 Å². The van der Waals surface area contributed by atoms with Crippen molar-refractivity contribution in [1.82, 2.24) is 15.0 Å². The monoisotopic (exact) mass is 386 g/mol. The number of allylic oxidation sites excluding steroid dienone is 2. The van der Waals surface area contributed by atoms with Crippen LogP contribution < -0.4 is 4.74 Å². The third-order valence-corrected chi connectivity index (χ3v) is 4.20. The molecule has 28 heavy (non-hydrogen) atoms. The molecule has 0 bridgehead atoms. The molecule has 146 valence electrons. The minimum atomic E-state index is -0.688. The standard InChI is InChI=1S/C18H18N4O6/c1-12-15(18(24)28-14-4-2-3-13(23)11-14)5-6-16(22(25)26)17(12)27-10-9-21-19-7-8-20-21/h5-8,11H,2-4,9-10H2,1H3. The molecule has 0 radical (unpaired) electrons. The first-order valence-electron chi connectivity index (χ1n) is 8.66. The van der Waals surface area contributed by atoms with E-state index in [-0.39, 0.29) is 41.5 Å². The largest absolute Gasteiger partial charge is 0.485 e. The van der Waals surface area contributed by atoms with E-state index in [4.69, 9.17) is 9.47 Å². The number of carbonyl (C=O) groups is 2. The van der Waals surface area contributed by atoms with E-state index in [1.54, 1.807) is 6.92 Å². The van der Waals surface area contributed by atoms with Crippen LogP contribution in [0.2, 0.25) is 0 Å². The van der Waals surface area contributed by atoms with Gasteiger partial charge < -0.3 is 9.47 Å². The summed E-state index contributed by atoms with van der Waals surface area (Å²) in [6, 6.07) is 2.52. The number of benzene rings is 1. The van der Waals surface area contributed by atoms with E-state index in [1.165, 1.54) is 35.4 Å². The van der Waals surface area contributed by atoms with Crippen molar-refractivity contribution in [2.45, 2.75) is 32.7 Å². The summed E-state index contributed by atoms with van der Waals surface area (Å²) in [5, 5.41) is 19.2. The van der Waals surface area contributed by atoms with Crippen LogP contribution in [-0.2, 0) is 16.1 Å². The SMILES string of the molecule is Cc1c(C(=O)OC2=CC(=O)CCC2)ccc([N+](=O)[O-])c1OCCn1nccn1. The lowest BCUT2D eigenvalue weighted by Crippen LogP contribution is -2.14. The number of hydrogen-bond donors (Lipinski definition) is 0. The molecule has 1 aliphatic rings. The Morgan fingerprint density at radius 3 is 2.71 bits per heavy atom. The Morgan fingerprint density at radius 1 is 1.29 bits per heavy atom. The maximum atomic E-state index is 12.5. The molecule has 0 saturated heterocycles. The number of nitro benzene ring substituents is 1. The number of ketones is 1. The van der Waals surface area contributed by atoms with E-state index in [0.717, 1.165) is 0 Å². The van der Waals surface area contributed by atoms with E-state index in [0.29, 0.717) is 25.0 Å². The minimum absolute atomic E-state index is 0.0136. The average Bonchev–Trinajstić information content (AvgIpc) is 3.16. The number of rotatable bonds is 7. The van der Waals surface area contributed by atoms with Gasteiger partial charge in [-0.05, 0) is 19.4 Å². The zero-order valence-corrected chi connectivity index (χ0v) is 15.2. The molecule has 3 rings (SSSR count). The van der Waals surface area contributed by atoms with Gasteiger partial charge in [-0.15, -0.1) is 0 Å². The van der Waals surface area contributed by atoms with Gasteiger partial charge in [0.1, 0.15) is 12.4 Å². The molecule has 2 aromatic rings. The molecule has 0 aliphatic heterocycles. The number of ether oxygens (including phenoxy) is 2. The highest BCUT2D eigenvalue weighted by atomic mass is 16.6. The third-order valence-electron chi connectivity index (χ3n) is 4.20. The van der Waals surface area contributed by atoms with E-state index >= 15 is 0 Å². The Morgan fingerprint density at radius 2 is 2.04 bits per heavy atom. The predicted octanol–water partition coefficient (Wildman–Crippen LogP) is 2.37. The second-order valence-corrected chi connectivity index (χ2v) is 6.14. The van der Waals surface area contributed by atoms with Gasteiger partial charge in [-0.2, -0.15) is 15.0 Å². The molecule has 0 atom stereocenters. The molecule has 10 heteroatoms. The fourth-order valence-corrected chi connectivity index (χ4v) is 2.83. The summed E-state index contributed by atoms with van der Waals surface area (Å²) in [7, 11) is 0. The molecule has 0 amide bonds. The van der Waals surface area contributed by atoms with Crippen LogP contribution in [0.3, 0.4) is 0 Å². The fraction of sp³-hybridized carbons (Fsp3) is 0.333. The van der Waals surface area contributed by atoms with Crippen molar-refractivity contribution in [3.8, 4) is 5.75 Å². The van der Waals surface area contributed by atoms with E-state index in [1.807, 2.05) is 0 Å². The van der Waals surface area contributed by atoms with Gasteiger partial charge in [0.15, 0.2) is 5.78 Å². The maximum absolute atomic E-state index is 12.5. The first kappa shape index (κ1) is 19.2. The molecule has 0 fully saturated rings. The quantitative estimate of drug-likeness (QED) is 0.403. The smallest absolute Gasteiger partial charge is 0.343 e. The minimum Gasteiger partial charge on any atom is -0.485 e. The number of hydrogen-bond acceptors (Lipinski definition) is 8. The zero-order valence-electron chi connectivity index (χ0n) is 15.2. The van der Waals surface area contributed by atoms with Crippen molar-refractivity contribution in [3.63, 3.8) is 0 Å². The van der Waals surface area contributed by atoms with Crippen LogP contribution in [0.25, 0.3) is 0 Å². The average molecular weight is 386 g/mol. The molecular formula is C18H18N4O6. The lowest BCUT2D eigenvalue weighted by atomic mass is 10.0. The van der Waals surface area contributed by atoms with Crippen molar-refractivity contribution in [3.05, 3.63) is 57.6 Å². The van der Waals surface area contributed by atoms with Gasteiger partial charge in [0, 0.05) is 30.5 Å². The Kier molecular flexibility index (Phi) is 5.78. The molecule has 0 N–H and O–H groups in total. The van der Waals surface area contributed by atoms with Crippen LogP contribution >= 0.6 is 0 Å². The normalized spacial score (nSPS) is 13.8. The summed E-state index contributed by atoms with van der Waals surface area (Å²) in [5.74, 6) is -0.496. The first-order valence-corrected chi connectivity index (χ1v) is 8.66. The Balaban J connectivity index is 1.80. The lowest BCUT2D eigenvalue weighted by molar-refractivity contribution is -0.385. The van der Waals surface area contributed by atoms with Crippen molar-refractivity contribution < 1.29 is 24.0 Å². The van der Waals surface area contributed by atoms with Crippen LogP contribution in [0.15, 0.2) is 36.4 Å².